The van der Waals surface area contributed by atoms with Gasteiger partial charge in [-0.2, -0.15) is 10.5 Å². The van der Waals surface area contributed by atoms with Crippen molar-refractivity contribution >= 4 is 75.3 Å². The highest BCUT2D eigenvalue weighted by atomic mass is 32.1. The van der Waals surface area contributed by atoms with Gasteiger partial charge in [-0.3, -0.25) is 0 Å². The Balaban J connectivity index is 1.42. The number of fused-ring (bicyclic) bond motifs is 9. The van der Waals surface area contributed by atoms with Crippen LogP contribution in [0.2, 0.25) is 0 Å². The van der Waals surface area contributed by atoms with Gasteiger partial charge in [0.25, 0.3) is 0 Å². The predicted molar refractivity (Wildman–Crippen MR) is 176 cm³/mol. The average Bonchev–Trinajstić information content (AvgIpc) is 3.74. The summed E-state index contributed by atoms with van der Waals surface area (Å²) in [6.07, 6.45) is 0. The Morgan fingerprint density at radius 2 is 1.30 bits per heavy atom. The number of thiophene rings is 1. The Bertz CT molecular complexity index is 2710. The molecule has 9 rings (SSSR count). The van der Waals surface area contributed by atoms with Crippen LogP contribution in [-0.2, 0) is 0 Å². The van der Waals surface area contributed by atoms with Crippen molar-refractivity contribution in [2.45, 2.75) is 0 Å². The molecule has 9 aromatic rings. The highest BCUT2D eigenvalue weighted by Crippen LogP contribution is 2.46. The van der Waals surface area contributed by atoms with E-state index in [2.05, 4.69) is 95.6 Å². The van der Waals surface area contributed by atoms with Gasteiger partial charge in [0.2, 0.25) is 0 Å². The summed E-state index contributed by atoms with van der Waals surface area (Å²) in [7, 11) is 0. The minimum Gasteiger partial charge on any atom is -0.452 e. The lowest BCUT2D eigenvalue weighted by Crippen LogP contribution is -1.94. The monoisotopic (exact) mass is 565 g/mol. The van der Waals surface area contributed by atoms with E-state index in [9.17, 15) is 10.5 Å². The molecule has 43 heavy (non-hydrogen) atoms. The highest BCUT2D eigenvalue weighted by molar-refractivity contribution is 7.25. The van der Waals surface area contributed by atoms with Crippen LogP contribution in [0.1, 0.15) is 11.1 Å². The maximum absolute atomic E-state index is 10.1. The van der Waals surface area contributed by atoms with Gasteiger partial charge in [-0.25, -0.2) is 0 Å². The minimum absolute atomic E-state index is 0.504. The normalized spacial score (nSPS) is 11.7. The van der Waals surface area contributed by atoms with E-state index in [0.717, 1.165) is 55.0 Å². The highest BCUT2D eigenvalue weighted by Gasteiger charge is 2.22. The Kier molecular flexibility index (Phi) is 4.87. The van der Waals surface area contributed by atoms with Crippen LogP contribution in [0, 0.1) is 22.7 Å². The summed E-state index contributed by atoms with van der Waals surface area (Å²) in [5, 5.41) is 26.2. The van der Waals surface area contributed by atoms with Gasteiger partial charge in [0, 0.05) is 41.7 Å². The van der Waals surface area contributed by atoms with E-state index in [-0.39, 0.29) is 0 Å². The molecule has 0 unspecified atom stereocenters. The van der Waals surface area contributed by atoms with Crippen LogP contribution in [-0.4, -0.2) is 4.57 Å². The van der Waals surface area contributed by atoms with Crippen LogP contribution in [0.3, 0.4) is 0 Å². The molecule has 6 aromatic carbocycles. The van der Waals surface area contributed by atoms with Crippen LogP contribution in [0.4, 0.5) is 0 Å². The van der Waals surface area contributed by atoms with Crippen molar-refractivity contribution in [3.05, 3.63) is 126 Å². The molecule has 0 fully saturated rings. The molecule has 0 saturated heterocycles. The van der Waals surface area contributed by atoms with Crippen LogP contribution < -0.4 is 0 Å². The lowest BCUT2D eigenvalue weighted by atomic mass is 9.94. The summed E-state index contributed by atoms with van der Waals surface area (Å²) < 4.78 is 11.4. The topological polar surface area (TPSA) is 65.7 Å². The third-order valence-electron chi connectivity index (χ3n) is 8.48. The summed E-state index contributed by atoms with van der Waals surface area (Å²) in [5.41, 5.74) is 7.50. The second kappa shape index (κ2) is 8.81. The van der Waals surface area contributed by atoms with E-state index >= 15 is 0 Å². The molecule has 0 amide bonds. The van der Waals surface area contributed by atoms with Crippen molar-refractivity contribution in [3.63, 3.8) is 0 Å². The van der Waals surface area contributed by atoms with Gasteiger partial charge in [0.05, 0.1) is 33.9 Å². The molecule has 198 valence electrons. The summed E-state index contributed by atoms with van der Waals surface area (Å²) in [5.74, 6) is 0. The number of hydrogen-bond donors (Lipinski definition) is 0. The standard InChI is InChI=1S/C38H19N3OS/c39-20-22-15-18-31-29(19-22)24-7-1-3-11-30(24)41(31)32-12-5-10-28-36-26(17-16-23(21-40)37(36)42-38(28)32)25-9-6-14-34-35(25)27-8-2-4-13-33(27)43-34/h1-19H. The molecular formula is C38H19N3OS. The number of benzene rings is 6. The van der Waals surface area contributed by atoms with Crippen molar-refractivity contribution in [2.24, 2.45) is 0 Å². The van der Waals surface area contributed by atoms with Gasteiger partial charge >= 0.3 is 0 Å². The zero-order valence-corrected chi connectivity index (χ0v) is 23.4. The second-order valence-electron chi connectivity index (χ2n) is 10.7. The molecule has 0 aliphatic rings. The van der Waals surface area contributed by atoms with Gasteiger partial charge in [-0.05, 0) is 59.7 Å². The molecule has 5 heteroatoms. The second-order valence-corrected chi connectivity index (χ2v) is 11.8. The Morgan fingerprint density at radius 3 is 2.19 bits per heavy atom. The quantitative estimate of drug-likeness (QED) is 0.209. The molecule has 0 saturated carbocycles. The molecule has 0 atom stereocenters. The van der Waals surface area contributed by atoms with Crippen molar-refractivity contribution < 1.29 is 4.42 Å². The molecular weight excluding hydrogens is 547 g/mol. The van der Waals surface area contributed by atoms with Crippen LogP contribution >= 0.6 is 11.3 Å². The summed E-state index contributed by atoms with van der Waals surface area (Å²) in [6.45, 7) is 0. The maximum atomic E-state index is 10.1. The average molecular weight is 566 g/mol. The smallest absolute Gasteiger partial charge is 0.159 e. The zero-order valence-electron chi connectivity index (χ0n) is 22.6. The van der Waals surface area contributed by atoms with Crippen molar-refractivity contribution in [1.29, 1.82) is 10.5 Å². The Labute approximate surface area is 249 Å². The van der Waals surface area contributed by atoms with E-state index in [0.29, 0.717) is 16.7 Å². The van der Waals surface area contributed by atoms with E-state index in [1.165, 1.54) is 20.2 Å². The van der Waals surface area contributed by atoms with Crippen LogP contribution in [0.25, 0.3) is 80.7 Å². The molecule has 4 nitrogen and oxygen atoms in total. The van der Waals surface area contributed by atoms with E-state index in [1.54, 1.807) is 11.3 Å². The first-order chi connectivity index (χ1) is 21.2. The van der Waals surface area contributed by atoms with E-state index in [1.807, 2.05) is 36.4 Å². The van der Waals surface area contributed by atoms with E-state index < -0.39 is 0 Å². The van der Waals surface area contributed by atoms with Gasteiger partial charge in [0.15, 0.2) is 11.2 Å². The molecule has 0 aliphatic heterocycles. The largest absolute Gasteiger partial charge is 0.452 e. The summed E-state index contributed by atoms with van der Waals surface area (Å²) in [4.78, 5) is 0. The fourth-order valence-electron chi connectivity index (χ4n) is 6.68. The van der Waals surface area contributed by atoms with Gasteiger partial charge in [0.1, 0.15) is 6.07 Å². The number of nitrogens with zero attached hydrogens (tertiary/aromatic N) is 3. The molecule has 0 aliphatic carbocycles. The molecule has 3 aromatic heterocycles. The number of hydrogen-bond acceptors (Lipinski definition) is 4. The number of aromatic nitrogens is 1. The summed E-state index contributed by atoms with van der Waals surface area (Å²) in [6, 6.07) is 43.8. The fraction of sp³-hybridized carbons (Fsp3) is 0. The van der Waals surface area contributed by atoms with Crippen molar-refractivity contribution in [3.8, 4) is 29.0 Å². The van der Waals surface area contributed by atoms with Crippen LogP contribution in [0.15, 0.2) is 120 Å². The number of rotatable bonds is 2. The third-order valence-corrected chi connectivity index (χ3v) is 9.62. The Hall–Kier alpha value is -5.88. The SMILES string of the molecule is N#Cc1ccc2c(c1)c1ccccc1n2-c1cccc2c1oc1c(C#N)ccc(-c3cccc4sc5ccccc5c34)c12. The first-order valence-electron chi connectivity index (χ1n) is 14.0. The lowest BCUT2D eigenvalue weighted by Gasteiger charge is -2.09. The van der Waals surface area contributed by atoms with Crippen LogP contribution in [0.5, 0.6) is 0 Å². The molecule has 0 bridgehead atoms. The molecule has 0 spiro atoms. The van der Waals surface area contributed by atoms with Gasteiger partial charge in [-0.1, -0.05) is 66.7 Å². The van der Waals surface area contributed by atoms with Crippen molar-refractivity contribution in [1.82, 2.24) is 4.57 Å². The van der Waals surface area contributed by atoms with Crippen molar-refractivity contribution in [2.75, 3.05) is 0 Å². The predicted octanol–water partition coefficient (Wildman–Crippen LogP) is 10.5. The third kappa shape index (κ3) is 3.23. The maximum Gasteiger partial charge on any atom is 0.159 e. The number of nitriles is 2. The number of para-hydroxylation sites is 2. The molecule has 3 heterocycles. The van der Waals surface area contributed by atoms with Gasteiger partial charge in [-0.15, -0.1) is 11.3 Å². The molecule has 0 N–H and O–H groups in total. The zero-order chi connectivity index (χ0) is 28.7. The first-order valence-corrected chi connectivity index (χ1v) is 14.8. The summed E-state index contributed by atoms with van der Waals surface area (Å²) >= 11 is 1.80. The first kappa shape index (κ1) is 23.8. The minimum atomic E-state index is 0.504. The Morgan fingerprint density at radius 1 is 0.558 bits per heavy atom. The van der Waals surface area contributed by atoms with Gasteiger partial charge < -0.3 is 8.98 Å². The lowest BCUT2D eigenvalue weighted by molar-refractivity contribution is 0.665. The fourth-order valence-corrected chi connectivity index (χ4v) is 7.81. The molecule has 0 radical (unpaired) electrons. The van der Waals surface area contributed by atoms with E-state index in [4.69, 9.17) is 4.42 Å². The number of furan rings is 1.